The van der Waals surface area contributed by atoms with Crippen LogP contribution in [0, 0.1) is 3.57 Å². The molecule has 0 bridgehead atoms. The van der Waals surface area contributed by atoms with Gasteiger partial charge in [-0.1, -0.05) is 0 Å². The van der Waals surface area contributed by atoms with E-state index in [1.165, 1.54) is 12.1 Å². The van der Waals surface area contributed by atoms with Crippen molar-refractivity contribution in [1.29, 1.82) is 0 Å². The molecule has 106 valence electrons. The van der Waals surface area contributed by atoms with Crippen molar-refractivity contribution < 1.29 is 20.1 Å². The molecule has 0 unspecified atom stereocenters. The minimum atomic E-state index is -0.581. The summed E-state index contributed by atoms with van der Waals surface area (Å²) in [5.74, 6) is -1.71. The van der Waals surface area contributed by atoms with E-state index in [-0.39, 0.29) is 5.91 Å². The molecule has 2 aromatic rings. The first-order valence-electron chi connectivity index (χ1n) is 6.03. The molecular formula is C15H10INO4. The van der Waals surface area contributed by atoms with E-state index < -0.39 is 17.2 Å². The summed E-state index contributed by atoms with van der Waals surface area (Å²) in [6.45, 7) is 0. The van der Waals surface area contributed by atoms with Gasteiger partial charge in [0.25, 0.3) is 5.91 Å². The van der Waals surface area contributed by atoms with Gasteiger partial charge in [-0.25, -0.2) is 0 Å². The van der Waals surface area contributed by atoms with Gasteiger partial charge < -0.3 is 20.6 Å². The Morgan fingerprint density at radius 3 is 2.38 bits per heavy atom. The molecule has 21 heavy (non-hydrogen) atoms. The van der Waals surface area contributed by atoms with Gasteiger partial charge in [-0.05, 0) is 64.6 Å². The van der Waals surface area contributed by atoms with Crippen molar-refractivity contribution in [3.63, 3.8) is 0 Å². The third kappa shape index (κ3) is 2.42. The van der Waals surface area contributed by atoms with E-state index in [2.05, 4.69) is 27.9 Å². The highest BCUT2D eigenvalue weighted by Crippen LogP contribution is 2.38. The van der Waals surface area contributed by atoms with Gasteiger partial charge in [0, 0.05) is 20.4 Å². The summed E-state index contributed by atoms with van der Waals surface area (Å²) in [4.78, 5) is 12.0. The Morgan fingerprint density at radius 2 is 1.71 bits per heavy atom. The highest BCUT2D eigenvalue weighted by molar-refractivity contribution is 14.1. The third-order valence-corrected chi connectivity index (χ3v) is 3.84. The molecule has 0 saturated carbocycles. The van der Waals surface area contributed by atoms with Gasteiger partial charge in [0.15, 0.2) is 17.2 Å². The molecule has 1 amide bonds. The number of halogens is 1. The van der Waals surface area contributed by atoms with Crippen LogP contribution in [0.3, 0.4) is 0 Å². The number of nitrogens with one attached hydrogen (secondary N) is 1. The molecule has 0 fully saturated rings. The van der Waals surface area contributed by atoms with Crippen LogP contribution in [0.2, 0.25) is 0 Å². The van der Waals surface area contributed by atoms with Crippen LogP contribution in [-0.4, -0.2) is 21.2 Å². The summed E-state index contributed by atoms with van der Waals surface area (Å²) in [7, 11) is 0. The van der Waals surface area contributed by atoms with Crippen LogP contribution in [0.25, 0.3) is 11.6 Å². The van der Waals surface area contributed by atoms with Gasteiger partial charge in [-0.15, -0.1) is 0 Å². The van der Waals surface area contributed by atoms with Gasteiger partial charge in [0.2, 0.25) is 0 Å². The average molecular weight is 395 g/mol. The first-order valence-corrected chi connectivity index (χ1v) is 7.11. The highest BCUT2D eigenvalue weighted by atomic mass is 127. The number of rotatable bonds is 1. The summed E-state index contributed by atoms with van der Waals surface area (Å²) in [5.41, 5.74) is 2.34. The van der Waals surface area contributed by atoms with Crippen LogP contribution >= 0.6 is 22.6 Å². The third-order valence-electron chi connectivity index (χ3n) is 3.17. The minimum absolute atomic E-state index is 0.251. The van der Waals surface area contributed by atoms with Gasteiger partial charge in [-0.2, -0.15) is 0 Å². The fraction of sp³-hybridized carbons (Fsp3) is 0. The molecule has 6 heteroatoms. The summed E-state index contributed by atoms with van der Waals surface area (Å²) in [6, 6.07) is 8.14. The molecule has 5 nitrogen and oxygen atoms in total. The van der Waals surface area contributed by atoms with Crippen molar-refractivity contribution in [3.05, 3.63) is 45.0 Å². The number of phenols is 3. The zero-order valence-corrected chi connectivity index (χ0v) is 12.7. The zero-order chi connectivity index (χ0) is 15.1. The number of hydrogen-bond acceptors (Lipinski definition) is 4. The van der Waals surface area contributed by atoms with Crippen molar-refractivity contribution >= 4 is 45.8 Å². The normalized spacial score (nSPS) is 15.1. The lowest BCUT2D eigenvalue weighted by Gasteiger charge is -2.04. The number of fused-ring (bicyclic) bond motifs is 1. The van der Waals surface area contributed by atoms with E-state index in [9.17, 15) is 20.1 Å². The Morgan fingerprint density at radius 1 is 1.05 bits per heavy atom. The topological polar surface area (TPSA) is 89.8 Å². The molecule has 3 rings (SSSR count). The first kappa shape index (κ1) is 13.7. The number of aromatic hydroxyl groups is 3. The lowest BCUT2D eigenvalue weighted by atomic mass is 10.0. The SMILES string of the molecule is O=C1Nc2ccc(I)cc2C1=Cc1cc(O)c(O)c(O)c1. The Labute approximate surface area is 133 Å². The van der Waals surface area contributed by atoms with E-state index in [0.29, 0.717) is 11.1 Å². The second-order valence-electron chi connectivity index (χ2n) is 4.61. The van der Waals surface area contributed by atoms with Crippen LogP contribution in [0.1, 0.15) is 11.1 Å². The zero-order valence-electron chi connectivity index (χ0n) is 10.6. The molecule has 1 aliphatic heterocycles. The van der Waals surface area contributed by atoms with Crippen LogP contribution < -0.4 is 5.32 Å². The molecule has 1 heterocycles. The van der Waals surface area contributed by atoms with E-state index in [1.807, 2.05) is 18.2 Å². The standard InChI is InChI=1S/C15H10INO4/c16-8-1-2-11-9(6-8)10(15(21)17-11)3-7-4-12(18)14(20)13(19)5-7/h1-6,18-20H,(H,17,21). The number of amides is 1. The van der Waals surface area contributed by atoms with Gasteiger partial charge >= 0.3 is 0 Å². The molecule has 0 radical (unpaired) electrons. The van der Waals surface area contributed by atoms with Crippen molar-refractivity contribution in [2.45, 2.75) is 0 Å². The maximum absolute atomic E-state index is 12.0. The van der Waals surface area contributed by atoms with Gasteiger partial charge in [0.1, 0.15) is 0 Å². The number of anilines is 1. The minimum Gasteiger partial charge on any atom is -0.504 e. The van der Waals surface area contributed by atoms with Crippen molar-refractivity contribution in [1.82, 2.24) is 0 Å². The number of hydrogen-bond donors (Lipinski definition) is 4. The van der Waals surface area contributed by atoms with Gasteiger partial charge in [0.05, 0.1) is 0 Å². The monoisotopic (exact) mass is 395 g/mol. The number of carbonyl (C=O) groups is 1. The summed E-state index contributed by atoms with van der Waals surface area (Å²) in [5, 5.41) is 31.1. The molecule has 4 N–H and O–H groups in total. The molecule has 0 atom stereocenters. The summed E-state index contributed by atoms with van der Waals surface area (Å²) in [6.07, 6.45) is 1.55. The summed E-state index contributed by atoms with van der Waals surface area (Å²) < 4.78 is 0.991. The summed E-state index contributed by atoms with van der Waals surface area (Å²) >= 11 is 2.16. The smallest absolute Gasteiger partial charge is 0.256 e. The molecule has 0 aliphatic carbocycles. The Kier molecular flexibility index (Phi) is 3.25. The van der Waals surface area contributed by atoms with Crippen molar-refractivity contribution in [2.24, 2.45) is 0 Å². The number of phenolic OH excluding ortho intramolecular Hbond substituents is 3. The fourth-order valence-electron chi connectivity index (χ4n) is 2.18. The van der Waals surface area contributed by atoms with E-state index >= 15 is 0 Å². The predicted octanol–water partition coefficient (Wildman–Crippen LogP) is 2.90. The Balaban J connectivity index is 2.13. The molecule has 1 aliphatic rings. The van der Waals surface area contributed by atoms with E-state index in [1.54, 1.807) is 6.08 Å². The van der Waals surface area contributed by atoms with Crippen molar-refractivity contribution in [2.75, 3.05) is 5.32 Å². The second kappa shape index (κ2) is 4.96. The maximum atomic E-state index is 12.0. The number of benzene rings is 2. The molecule has 0 aromatic heterocycles. The van der Waals surface area contributed by atoms with Crippen LogP contribution in [0.4, 0.5) is 5.69 Å². The lowest BCUT2D eigenvalue weighted by Crippen LogP contribution is -2.03. The van der Waals surface area contributed by atoms with Crippen molar-refractivity contribution in [3.8, 4) is 17.2 Å². The highest BCUT2D eigenvalue weighted by Gasteiger charge is 2.24. The Hall–Kier alpha value is -2.22. The largest absolute Gasteiger partial charge is 0.504 e. The first-order chi connectivity index (χ1) is 9.95. The molecular weight excluding hydrogens is 385 g/mol. The molecule has 0 saturated heterocycles. The number of carbonyl (C=O) groups excluding carboxylic acids is 1. The van der Waals surface area contributed by atoms with E-state index in [0.717, 1.165) is 14.8 Å². The quantitative estimate of drug-likeness (QED) is 0.340. The molecule has 2 aromatic carbocycles. The molecule has 0 spiro atoms. The van der Waals surface area contributed by atoms with Crippen LogP contribution in [0.5, 0.6) is 17.2 Å². The average Bonchev–Trinajstić information content (AvgIpc) is 2.72. The van der Waals surface area contributed by atoms with Crippen LogP contribution in [0.15, 0.2) is 30.3 Å². The lowest BCUT2D eigenvalue weighted by molar-refractivity contribution is -0.110. The maximum Gasteiger partial charge on any atom is 0.256 e. The fourth-order valence-corrected chi connectivity index (χ4v) is 2.67. The Bertz CT molecular complexity index is 775. The second-order valence-corrected chi connectivity index (χ2v) is 5.86. The van der Waals surface area contributed by atoms with E-state index in [4.69, 9.17) is 0 Å². The van der Waals surface area contributed by atoms with Gasteiger partial charge in [-0.3, -0.25) is 4.79 Å². The predicted molar refractivity (Wildman–Crippen MR) is 87.1 cm³/mol. The van der Waals surface area contributed by atoms with Crippen LogP contribution in [-0.2, 0) is 4.79 Å².